The predicted molar refractivity (Wildman–Crippen MR) is 43.5 cm³/mol. The van der Waals surface area contributed by atoms with Gasteiger partial charge in [-0.15, -0.1) is 0 Å². The zero-order valence-electron chi connectivity index (χ0n) is 3.90. The fraction of sp³-hybridized carbons (Fsp3) is 0.250. The summed E-state index contributed by atoms with van der Waals surface area (Å²) in [6, 6.07) is 0. The van der Waals surface area contributed by atoms with E-state index in [9.17, 15) is 4.79 Å². The minimum absolute atomic E-state index is 0.698. The van der Waals surface area contributed by atoms with Gasteiger partial charge in [-0.1, -0.05) is 38.5 Å². The average Bonchev–Trinajstić information content (AvgIpc) is 1.65. The van der Waals surface area contributed by atoms with Gasteiger partial charge in [-0.05, 0) is 0 Å². The van der Waals surface area contributed by atoms with Gasteiger partial charge in [-0.3, -0.25) is 0 Å². The Morgan fingerprint density at radius 1 is 1.88 bits per heavy atom. The highest BCUT2D eigenvalue weighted by molar-refractivity contribution is 14.1. The maximum Gasteiger partial charge on any atom is 0.329 e. The summed E-state index contributed by atoms with van der Waals surface area (Å²) in [4.78, 5) is 9.86. The van der Waals surface area contributed by atoms with Crippen LogP contribution >= 0.6 is 38.5 Å². The molecule has 0 radical (unpaired) electrons. The molecule has 1 N–H and O–H groups in total. The first kappa shape index (κ1) is 8.42. The highest BCUT2D eigenvalue weighted by Gasteiger charge is 1.90. The lowest BCUT2D eigenvalue weighted by Crippen LogP contribution is -1.87. The lowest BCUT2D eigenvalue weighted by molar-refractivity contribution is -0.131. The van der Waals surface area contributed by atoms with Crippen molar-refractivity contribution in [1.29, 1.82) is 0 Å². The van der Waals surface area contributed by atoms with Crippen molar-refractivity contribution in [2.24, 2.45) is 0 Å². The standard InChI is InChI=1S/C4H4BrIO2/c5-3(2-6)1-4(7)8/h1H,2H2,(H,7,8)/b3-1+. The van der Waals surface area contributed by atoms with Gasteiger partial charge in [0.15, 0.2) is 0 Å². The smallest absolute Gasteiger partial charge is 0.329 e. The summed E-state index contributed by atoms with van der Waals surface area (Å²) in [5.41, 5.74) is 0. The molecule has 0 heterocycles. The summed E-state index contributed by atoms with van der Waals surface area (Å²) in [5, 5.41) is 8.11. The molecule has 0 unspecified atom stereocenters. The van der Waals surface area contributed by atoms with E-state index in [1.165, 1.54) is 0 Å². The van der Waals surface area contributed by atoms with Crippen molar-refractivity contribution in [2.75, 3.05) is 4.43 Å². The third-order valence-electron chi connectivity index (χ3n) is 0.408. The van der Waals surface area contributed by atoms with E-state index in [0.29, 0.717) is 8.91 Å². The monoisotopic (exact) mass is 290 g/mol. The largest absolute Gasteiger partial charge is 0.478 e. The summed E-state index contributed by atoms with van der Waals surface area (Å²) in [6.07, 6.45) is 1.13. The summed E-state index contributed by atoms with van der Waals surface area (Å²) >= 11 is 5.12. The molecule has 0 aliphatic heterocycles. The molecule has 0 fully saturated rings. The van der Waals surface area contributed by atoms with Crippen LogP contribution in [0.5, 0.6) is 0 Å². The molecule has 0 amide bonds. The van der Waals surface area contributed by atoms with E-state index in [1.54, 1.807) is 0 Å². The quantitative estimate of drug-likeness (QED) is 0.478. The van der Waals surface area contributed by atoms with E-state index >= 15 is 0 Å². The third-order valence-corrected chi connectivity index (χ3v) is 2.79. The zero-order chi connectivity index (χ0) is 6.57. The van der Waals surface area contributed by atoms with Gasteiger partial charge in [0.25, 0.3) is 0 Å². The molecule has 0 aromatic heterocycles. The minimum Gasteiger partial charge on any atom is -0.478 e. The molecule has 0 bridgehead atoms. The molecule has 4 heteroatoms. The van der Waals surface area contributed by atoms with E-state index in [0.717, 1.165) is 6.08 Å². The van der Waals surface area contributed by atoms with Crippen LogP contribution in [0.25, 0.3) is 0 Å². The van der Waals surface area contributed by atoms with Crippen molar-refractivity contribution in [1.82, 2.24) is 0 Å². The Balaban J connectivity index is 3.75. The number of carboxylic acids is 1. The molecule has 0 saturated carbocycles. The molecule has 8 heavy (non-hydrogen) atoms. The van der Waals surface area contributed by atoms with Crippen LogP contribution in [0, 0.1) is 0 Å². The first-order valence-corrected chi connectivity index (χ1v) is 4.13. The number of carboxylic acid groups (broad SMARTS) is 1. The van der Waals surface area contributed by atoms with Gasteiger partial charge >= 0.3 is 5.97 Å². The molecular formula is C4H4BrIO2. The fourth-order valence-corrected chi connectivity index (χ4v) is 0.589. The number of aliphatic carboxylic acids is 1. The lowest BCUT2D eigenvalue weighted by Gasteiger charge is -1.83. The molecule has 0 aromatic carbocycles. The Morgan fingerprint density at radius 3 is 2.50 bits per heavy atom. The molecule has 0 saturated heterocycles. The van der Waals surface area contributed by atoms with Gasteiger partial charge in [0.1, 0.15) is 0 Å². The fourth-order valence-electron chi connectivity index (χ4n) is 0.173. The van der Waals surface area contributed by atoms with E-state index in [4.69, 9.17) is 5.11 Å². The van der Waals surface area contributed by atoms with Crippen molar-refractivity contribution in [3.63, 3.8) is 0 Å². The van der Waals surface area contributed by atoms with Crippen LogP contribution in [0.15, 0.2) is 10.6 Å². The second-order valence-corrected chi connectivity index (χ2v) is 2.84. The van der Waals surface area contributed by atoms with Crippen LogP contribution in [0.2, 0.25) is 0 Å². The van der Waals surface area contributed by atoms with Crippen molar-refractivity contribution in [2.45, 2.75) is 0 Å². The first-order valence-electron chi connectivity index (χ1n) is 1.81. The number of alkyl halides is 1. The number of halogens is 2. The number of rotatable bonds is 2. The molecule has 2 nitrogen and oxygen atoms in total. The van der Waals surface area contributed by atoms with Gasteiger partial charge in [0.2, 0.25) is 0 Å². The van der Waals surface area contributed by atoms with Crippen molar-refractivity contribution in [3.05, 3.63) is 10.6 Å². The Bertz CT molecular complexity index is 121. The van der Waals surface area contributed by atoms with Gasteiger partial charge in [-0.2, -0.15) is 0 Å². The third kappa shape index (κ3) is 4.58. The highest BCUT2D eigenvalue weighted by atomic mass is 127. The topological polar surface area (TPSA) is 37.3 Å². The Morgan fingerprint density at radius 2 is 2.38 bits per heavy atom. The molecule has 0 rings (SSSR count). The number of hydrogen-bond donors (Lipinski definition) is 1. The SMILES string of the molecule is O=C(O)/C=C(/Br)CI. The zero-order valence-corrected chi connectivity index (χ0v) is 7.64. The summed E-state index contributed by atoms with van der Waals surface area (Å²) in [5.74, 6) is -0.909. The van der Waals surface area contributed by atoms with Crippen molar-refractivity contribution >= 4 is 44.5 Å². The van der Waals surface area contributed by atoms with Crippen molar-refractivity contribution in [3.8, 4) is 0 Å². The second-order valence-electron chi connectivity index (χ2n) is 1.06. The van der Waals surface area contributed by atoms with Crippen LogP contribution in [0.4, 0.5) is 0 Å². The summed E-state index contributed by atoms with van der Waals surface area (Å²) < 4.78 is 1.40. The van der Waals surface area contributed by atoms with Crippen LogP contribution < -0.4 is 0 Å². The summed E-state index contributed by atoms with van der Waals surface area (Å²) in [7, 11) is 0. The molecular weight excluding hydrogens is 287 g/mol. The van der Waals surface area contributed by atoms with Crippen LogP contribution in [0.1, 0.15) is 0 Å². The number of carbonyl (C=O) groups is 1. The maximum absolute atomic E-state index is 9.86. The molecule has 46 valence electrons. The Hall–Kier alpha value is 0.420. The van der Waals surface area contributed by atoms with Gasteiger partial charge in [0.05, 0.1) is 0 Å². The van der Waals surface area contributed by atoms with Crippen LogP contribution in [0.3, 0.4) is 0 Å². The minimum atomic E-state index is -0.909. The summed E-state index contributed by atoms with van der Waals surface area (Å²) in [6.45, 7) is 0. The molecule has 0 spiro atoms. The number of hydrogen-bond acceptors (Lipinski definition) is 1. The molecule has 0 aliphatic carbocycles. The van der Waals surface area contributed by atoms with E-state index < -0.39 is 5.97 Å². The maximum atomic E-state index is 9.86. The first-order chi connectivity index (χ1) is 3.66. The van der Waals surface area contributed by atoms with E-state index in [1.807, 2.05) is 0 Å². The number of allylic oxidation sites excluding steroid dienone is 1. The van der Waals surface area contributed by atoms with Gasteiger partial charge in [-0.25, -0.2) is 4.79 Å². The highest BCUT2D eigenvalue weighted by Crippen LogP contribution is 2.07. The van der Waals surface area contributed by atoms with E-state index in [-0.39, 0.29) is 0 Å². The van der Waals surface area contributed by atoms with Gasteiger partial charge < -0.3 is 5.11 Å². The Labute approximate surface area is 69.2 Å². The molecule has 0 aliphatic rings. The lowest BCUT2D eigenvalue weighted by atomic mass is 10.5. The Kier molecular flexibility index (Phi) is 4.54. The predicted octanol–water partition coefficient (Wildman–Crippen LogP) is 1.78. The molecule has 0 aromatic rings. The van der Waals surface area contributed by atoms with Crippen molar-refractivity contribution < 1.29 is 9.90 Å². The van der Waals surface area contributed by atoms with Crippen LogP contribution in [-0.2, 0) is 4.79 Å². The second kappa shape index (κ2) is 4.31. The van der Waals surface area contributed by atoms with E-state index in [2.05, 4.69) is 38.5 Å². The van der Waals surface area contributed by atoms with Crippen LogP contribution in [-0.4, -0.2) is 15.5 Å². The van der Waals surface area contributed by atoms with Gasteiger partial charge in [0, 0.05) is 15.0 Å². The average molecular weight is 291 g/mol. The molecule has 0 atom stereocenters. The normalized spacial score (nSPS) is 11.5.